The number of nitrogens with zero attached hydrogens (tertiary/aromatic N) is 1. The minimum atomic E-state index is -0.193. The predicted molar refractivity (Wildman–Crippen MR) is 74.3 cm³/mol. The Kier molecular flexibility index (Phi) is 3.88. The second kappa shape index (κ2) is 5.43. The number of carbonyl (C=O) groups excluding carboxylic acids is 2. The highest BCUT2D eigenvalue weighted by Crippen LogP contribution is 2.29. The summed E-state index contributed by atoms with van der Waals surface area (Å²) in [5.41, 5.74) is -0.193. The maximum Gasteiger partial charge on any atom is 0.246 e. The minimum absolute atomic E-state index is 0.0404. The van der Waals surface area contributed by atoms with Crippen molar-refractivity contribution < 1.29 is 9.59 Å². The van der Waals surface area contributed by atoms with E-state index in [1.54, 1.807) is 4.90 Å². The third kappa shape index (κ3) is 2.78. The van der Waals surface area contributed by atoms with Crippen LogP contribution in [0, 0.1) is 5.92 Å². The van der Waals surface area contributed by atoms with Gasteiger partial charge in [0.15, 0.2) is 0 Å². The molecule has 4 nitrogen and oxygen atoms in total. The molecule has 1 aliphatic heterocycles. The first-order valence-corrected chi connectivity index (χ1v) is 6.59. The van der Waals surface area contributed by atoms with Crippen molar-refractivity contribution in [2.24, 2.45) is 5.92 Å². The average Bonchev–Trinajstić information content (AvgIpc) is 2.75. The maximum absolute atomic E-state index is 12.2. The van der Waals surface area contributed by atoms with E-state index in [0.717, 1.165) is 19.3 Å². The zero-order valence-electron chi connectivity index (χ0n) is 11.1. The molecule has 0 bridgehead atoms. The van der Waals surface area contributed by atoms with E-state index in [9.17, 15) is 9.59 Å². The van der Waals surface area contributed by atoms with Crippen molar-refractivity contribution >= 4 is 11.8 Å². The van der Waals surface area contributed by atoms with Gasteiger partial charge in [-0.25, -0.2) is 0 Å². The predicted octanol–water partition coefficient (Wildman–Crippen LogP) is 1.41. The highest BCUT2D eigenvalue weighted by atomic mass is 16.2. The molecule has 19 heavy (non-hydrogen) atoms. The van der Waals surface area contributed by atoms with Crippen LogP contribution in [0.5, 0.6) is 0 Å². The molecule has 0 radical (unpaired) electrons. The van der Waals surface area contributed by atoms with Gasteiger partial charge < -0.3 is 10.2 Å². The fourth-order valence-electron chi connectivity index (χ4n) is 2.61. The number of rotatable bonds is 5. The molecule has 1 heterocycles. The SMILES string of the molecule is C=CCC1(NC(=O)C2CN(C(=O)C=C)C2)CC=CC1. The highest BCUT2D eigenvalue weighted by Gasteiger charge is 2.39. The largest absolute Gasteiger partial charge is 0.349 e. The number of nitrogens with one attached hydrogen (secondary N) is 1. The van der Waals surface area contributed by atoms with E-state index in [1.807, 2.05) is 6.08 Å². The molecule has 0 saturated carbocycles. The molecule has 1 saturated heterocycles. The van der Waals surface area contributed by atoms with Crippen molar-refractivity contribution in [2.75, 3.05) is 13.1 Å². The molecule has 0 unspecified atom stereocenters. The maximum atomic E-state index is 12.2. The Morgan fingerprint density at radius 3 is 2.47 bits per heavy atom. The normalized spacial score (nSPS) is 20.7. The van der Waals surface area contributed by atoms with E-state index in [2.05, 4.69) is 30.6 Å². The molecule has 4 heteroatoms. The smallest absolute Gasteiger partial charge is 0.246 e. The first kappa shape index (κ1) is 13.6. The van der Waals surface area contributed by atoms with E-state index >= 15 is 0 Å². The van der Waals surface area contributed by atoms with Crippen LogP contribution < -0.4 is 5.32 Å². The first-order valence-electron chi connectivity index (χ1n) is 6.59. The van der Waals surface area contributed by atoms with Gasteiger partial charge in [0.05, 0.1) is 11.5 Å². The summed E-state index contributed by atoms with van der Waals surface area (Å²) in [4.78, 5) is 25.1. The molecule has 2 aliphatic rings. The Bertz CT molecular complexity index is 425. The monoisotopic (exact) mass is 260 g/mol. The fourth-order valence-corrected chi connectivity index (χ4v) is 2.61. The standard InChI is InChI=1S/C15H20N2O2/c1-3-7-15(8-5-6-9-15)16-14(19)12-10-17(11-12)13(18)4-2/h3-6,12H,1-2,7-11H2,(H,16,19). The van der Waals surface area contributed by atoms with Gasteiger partial charge in [-0.15, -0.1) is 6.58 Å². The molecule has 0 aromatic heterocycles. The van der Waals surface area contributed by atoms with Crippen molar-refractivity contribution in [3.05, 3.63) is 37.5 Å². The third-order valence-corrected chi connectivity index (χ3v) is 3.85. The molecule has 0 spiro atoms. The average molecular weight is 260 g/mol. The first-order chi connectivity index (χ1) is 9.10. The fraction of sp³-hybridized carbons (Fsp3) is 0.467. The summed E-state index contributed by atoms with van der Waals surface area (Å²) in [6, 6.07) is 0. The summed E-state index contributed by atoms with van der Waals surface area (Å²) in [6.45, 7) is 8.19. The van der Waals surface area contributed by atoms with Crippen LogP contribution in [0.15, 0.2) is 37.5 Å². The Morgan fingerprint density at radius 2 is 1.95 bits per heavy atom. The van der Waals surface area contributed by atoms with E-state index in [0.29, 0.717) is 13.1 Å². The third-order valence-electron chi connectivity index (χ3n) is 3.85. The van der Waals surface area contributed by atoms with E-state index in [-0.39, 0.29) is 23.3 Å². The molecule has 0 aromatic rings. The Morgan fingerprint density at radius 1 is 1.32 bits per heavy atom. The van der Waals surface area contributed by atoms with Crippen LogP contribution in [0.25, 0.3) is 0 Å². The summed E-state index contributed by atoms with van der Waals surface area (Å²) in [7, 11) is 0. The highest BCUT2D eigenvalue weighted by molar-refractivity contribution is 5.90. The Labute approximate surface area is 113 Å². The van der Waals surface area contributed by atoms with Gasteiger partial charge in [-0.1, -0.05) is 24.8 Å². The van der Waals surface area contributed by atoms with E-state index < -0.39 is 0 Å². The lowest BCUT2D eigenvalue weighted by atomic mass is 9.90. The van der Waals surface area contributed by atoms with E-state index in [4.69, 9.17) is 0 Å². The topological polar surface area (TPSA) is 49.4 Å². The zero-order chi connectivity index (χ0) is 13.9. The number of carbonyl (C=O) groups is 2. The molecule has 2 amide bonds. The van der Waals surface area contributed by atoms with Gasteiger partial charge in [0, 0.05) is 13.1 Å². The quantitative estimate of drug-likeness (QED) is 0.600. The van der Waals surface area contributed by atoms with Crippen molar-refractivity contribution in [1.29, 1.82) is 0 Å². The molecular formula is C15H20N2O2. The van der Waals surface area contributed by atoms with Crippen molar-refractivity contribution in [2.45, 2.75) is 24.8 Å². The molecule has 0 atom stereocenters. The van der Waals surface area contributed by atoms with Crippen LogP contribution >= 0.6 is 0 Å². The summed E-state index contributed by atoms with van der Waals surface area (Å²) in [5, 5.41) is 3.14. The minimum Gasteiger partial charge on any atom is -0.349 e. The second-order valence-electron chi connectivity index (χ2n) is 5.29. The van der Waals surface area contributed by atoms with E-state index in [1.165, 1.54) is 6.08 Å². The van der Waals surface area contributed by atoms with Crippen LogP contribution in [-0.4, -0.2) is 35.3 Å². The molecular weight excluding hydrogens is 240 g/mol. The summed E-state index contributed by atoms with van der Waals surface area (Å²) in [6.07, 6.45) is 9.80. The van der Waals surface area contributed by atoms with Gasteiger partial charge in [0.25, 0.3) is 0 Å². The molecule has 2 rings (SSSR count). The number of likely N-dealkylation sites (tertiary alicyclic amines) is 1. The lowest BCUT2D eigenvalue weighted by Crippen LogP contribution is -2.58. The van der Waals surface area contributed by atoms with Gasteiger partial charge >= 0.3 is 0 Å². The van der Waals surface area contributed by atoms with Crippen molar-refractivity contribution in [3.8, 4) is 0 Å². The molecule has 1 N–H and O–H groups in total. The molecule has 0 aromatic carbocycles. The zero-order valence-corrected chi connectivity index (χ0v) is 11.1. The summed E-state index contributed by atoms with van der Waals surface area (Å²) >= 11 is 0. The van der Waals surface area contributed by atoms with Gasteiger partial charge in [-0.3, -0.25) is 9.59 Å². The van der Waals surface area contributed by atoms with Crippen LogP contribution in [-0.2, 0) is 9.59 Å². The van der Waals surface area contributed by atoms with Gasteiger partial charge in [0.2, 0.25) is 11.8 Å². The van der Waals surface area contributed by atoms with Crippen molar-refractivity contribution in [3.63, 3.8) is 0 Å². The molecule has 1 fully saturated rings. The number of hydrogen-bond acceptors (Lipinski definition) is 2. The Hall–Kier alpha value is -1.84. The van der Waals surface area contributed by atoms with Gasteiger partial charge in [-0.05, 0) is 25.3 Å². The lowest BCUT2D eigenvalue weighted by molar-refractivity contribution is -0.140. The van der Waals surface area contributed by atoms with Crippen LogP contribution in [0.2, 0.25) is 0 Å². The van der Waals surface area contributed by atoms with Gasteiger partial charge in [-0.2, -0.15) is 0 Å². The lowest BCUT2D eigenvalue weighted by Gasteiger charge is -2.40. The summed E-state index contributed by atoms with van der Waals surface area (Å²) < 4.78 is 0. The van der Waals surface area contributed by atoms with Crippen LogP contribution in [0.4, 0.5) is 0 Å². The summed E-state index contributed by atoms with van der Waals surface area (Å²) in [5.74, 6) is -0.155. The number of amides is 2. The van der Waals surface area contributed by atoms with Crippen molar-refractivity contribution in [1.82, 2.24) is 10.2 Å². The Balaban J connectivity index is 1.86. The van der Waals surface area contributed by atoms with Crippen LogP contribution in [0.1, 0.15) is 19.3 Å². The van der Waals surface area contributed by atoms with Gasteiger partial charge in [0.1, 0.15) is 0 Å². The van der Waals surface area contributed by atoms with Crippen LogP contribution in [0.3, 0.4) is 0 Å². The second-order valence-corrected chi connectivity index (χ2v) is 5.29. The number of hydrogen-bond donors (Lipinski definition) is 1. The molecule has 1 aliphatic carbocycles. The molecule has 102 valence electrons.